The molecule has 2 nitrogen and oxygen atoms in total. The topological polar surface area (TPSA) is 20.3 Å². The molecule has 0 bridgehead atoms. The molecule has 2 unspecified atom stereocenters. The van der Waals surface area contributed by atoms with Crippen LogP contribution in [0.2, 0.25) is 0 Å². The van der Waals surface area contributed by atoms with E-state index in [1.807, 2.05) is 11.9 Å². The summed E-state index contributed by atoms with van der Waals surface area (Å²) in [6, 6.07) is 4.69. The summed E-state index contributed by atoms with van der Waals surface area (Å²) in [5.41, 5.74) is 0.917. The zero-order chi connectivity index (χ0) is 12.6. The second-order valence-electron chi connectivity index (χ2n) is 5.05. The lowest BCUT2D eigenvalue weighted by atomic mass is 10.1. The van der Waals surface area contributed by atoms with E-state index in [0.29, 0.717) is 17.2 Å². The zero-order valence-electron chi connectivity index (χ0n) is 10.5. The van der Waals surface area contributed by atoms with Crippen LogP contribution in [0, 0.1) is 17.7 Å². The summed E-state index contributed by atoms with van der Waals surface area (Å²) in [5, 5.41) is 0. The highest BCUT2D eigenvalue weighted by Crippen LogP contribution is 2.39. The fraction of sp³-hybridized carbons (Fsp3) is 0.500. The van der Waals surface area contributed by atoms with Crippen molar-refractivity contribution in [2.24, 2.45) is 11.8 Å². The molecule has 2 atom stereocenters. The molecule has 1 fully saturated rings. The van der Waals surface area contributed by atoms with Gasteiger partial charge in [0.1, 0.15) is 5.82 Å². The molecule has 0 radical (unpaired) electrons. The number of ketones is 1. The van der Waals surface area contributed by atoms with E-state index < -0.39 is 0 Å². The summed E-state index contributed by atoms with van der Waals surface area (Å²) in [6.45, 7) is 4.50. The van der Waals surface area contributed by atoms with Gasteiger partial charge >= 0.3 is 0 Å². The number of benzene rings is 1. The highest BCUT2D eigenvalue weighted by atomic mass is 19.1. The third-order valence-electron chi connectivity index (χ3n) is 3.53. The van der Waals surface area contributed by atoms with Gasteiger partial charge in [-0.1, -0.05) is 13.0 Å². The van der Waals surface area contributed by atoms with Crippen LogP contribution in [0.3, 0.4) is 0 Å². The van der Waals surface area contributed by atoms with Crippen molar-refractivity contribution in [3.05, 3.63) is 29.6 Å². The largest absolute Gasteiger partial charge is 0.371 e. The van der Waals surface area contributed by atoms with Crippen molar-refractivity contribution in [2.45, 2.75) is 20.3 Å². The fourth-order valence-corrected chi connectivity index (χ4v) is 2.28. The number of halogens is 1. The van der Waals surface area contributed by atoms with E-state index in [9.17, 15) is 9.18 Å². The van der Waals surface area contributed by atoms with Crippen molar-refractivity contribution in [3.63, 3.8) is 0 Å². The minimum absolute atomic E-state index is 0.0878. The van der Waals surface area contributed by atoms with E-state index in [2.05, 4.69) is 6.92 Å². The molecule has 92 valence electrons. The van der Waals surface area contributed by atoms with E-state index in [4.69, 9.17) is 0 Å². The van der Waals surface area contributed by atoms with Gasteiger partial charge in [0.25, 0.3) is 0 Å². The second-order valence-corrected chi connectivity index (χ2v) is 5.05. The van der Waals surface area contributed by atoms with E-state index in [0.717, 1.165) is 12.5 Å². The third kappa shape index (κ3) is 2.48. The average molecular weight is 235 g/mol. The summed E-state index contributed by atoms with van der Waals surface area (Å²) in [4.78, 5) is 13.4. The van der Waals surface area contributed by atoms with Gasteiger partial charge in [-0.25, -0.2) is 4.39 Å². The predicted molar refractivity (Wildman–Crippen MR) is 66.9 cm³/mol. The van der Waals surface area contributed by atoms with Crippen molar-refractivity contribution in [2.75, 3.05) is 18.5 Å². The highest BCUT2D eigenvalue weighted by molar-refractivity contribution is 5.99. The maximum Gasteiger partial charge on any atom is 0.161 e. The van der Waals surface area contributed by atoms with Crippen molar-refractivity contribution in [1.82, 2.24) is 0 Å². The van der Waals surface area contributed by atoms with Crippen LogP contribution >= 0.6 is 0 Å². The first-order valence-corrected chi connectivity index (χ1v) is 6.01. The van der Waals surface area contributed by atoms with E-state index >= 15 is 0 Å². The SMILES string of the molecule is CC(=O)c1cccc(F)c1N(C)CC1CC1C. The monoisotopic (exact) mass is 235 g/mol. The maximum absolute atomic E-state index is 13.8. The first-order chi connectivity index (χ1) is 8.00. The molecule has 0 aliphatic heterocycles. The number of hydrogen-bond acceptors (Lipinski definition) is 2. The van der Waals surface area contributed by atoms with Crippen LogP contribution in [-0.4, -0.2) is 19.4 Å². The number of carbonyl (C=O) groups is 1. The van der Waals surface area contributed by atoms with Crippen LogP contribution in [0.5, 0.6) is 0 Å². The lowest BCUT2D eigenvalue weighted by Gasteiger charge is -2.22. The Morgan fingerprint density at radius 1 is 1.53 bits per heavy atom. The van der Waals surface area contributed by atoms with Crippen molar-refractivity contribution < 1.29 is 9.18 Å². The molecule has 1 saturated carbocycles. The smallest absolute Gasteiger partial charge is 0.161 e. The van der Waals surface area contributed by atoms with E-state index in [1.54, 1.807) is 12.1 Å². The van der Waals surface area contributed by atoms with Gasteiger partial charge in [-0.3, -0.25) is 4.79 Å². The van der Waals surface area contributed by atoms with Crippen LogP contribution in [0.4, 0.5) is 10.1 Å². The Morgan fingerprint density at radius 3 is 2.71 bits per heavy atom. The molecule has 17 heavy (non-hydrogen) atoms. The molecule has 0 aromatic heterocycles. The molecule has 0 heterocycles. The molecular weight excluding hydrogens is 217 g/mol. The summed E-state index contributed by atoms with van der Waals surface area (Å²) in [5.74, 6) is 0.966. The van der Waals surface area contributed by atoms with Crippen molar-refractivity contribution >= 4 is 11.5 Å². The zero-order valence-corrected chi connectivity index (χ0v) is 10.5. The number of para-hydroxylation sites is 1. The van der Waals surface area contributed by atoms with Gasteiger partial charge in [0.2, 0.25) is 0 Å². The number of nitrogens with zero attached hydrogens (tertiary/aromatic N) is 1. The molecular formula is C14H18FNO. The molecule has 3 heteroatoms. The fourth-order valence-electron chi connectivity index (χ4n) is 2.28. The lowest BCUT2D eigenvalue weighted by Crippen LogP contribution is -2.23. The first kappa shape index (κ1) is 12.1. The normalized spacial score (nSPS) is 22.4. The maximum atomic E-state index is 13.8. The van der Waals surface area contributed by atoms with Crippen LogP contribution in [0.1, 0.15) is 30.6 Å². The van der Waals surface area contributed by atoms with Gasteiger partial charge in [0.05, 0.1) is 5.69 Å². The Morgan fingerprint density at radius 2 is 2.18 bits per heavy atom. The van der Waals surface area contributed by atoms with Crippen LogP contribution < -0.4 is 4.90 Å². The Balaban J connectivity index is 2.26. The number of rotatable bonds is 4. The van der Waals surface area contributed by atoms with Gasteiger partial charge in [-0.05, 0) is 37.3 Å². The Hall–Kier alpha value is -1.38. The molecule has 0 spiro atoms. The number of Topliss-reactive ketones (excluding diaryl/α,β-unsaturated/α-hetero) is 1. The summed E-state index contributed by atoms with van der Waals surface area (Å²) in [6.07, 6.45) is 1.20. The summed E-state index contributed by atoms with van der Waals surface area (Å²) >= 11 is 0. The predicted octanol–water partition coefficient (Wildman–Crippen LogP) is 3.12. The Kier molecular flexibility index (Phi) is 3.18. The molecule has 2 rings (SSSR count). The highest BCUT2D eigenvalue weighted by Gasteiger charge is 2.34. The third-order valence-corrected chi connectivity index (χ3v) is 3.53. The summed E-state index contributed by atoms with van der Waals surface area (Å²) < 4.78 is 13.8. The minimum Gasteiger partial charge on any atom is -0.371 e. The average Bonchev–Trinajstić information content (AvgIpc) is 2.93. The van der Waals surface area contributed by atoms with Crippen LogP contribution in [0.25, 0.3) is 0 Å². The van der Waals surface area contributed by atoms with Crippen molar-refractivity contribution in [3.8, 4) is 0 Å². The van der Waals surface area contributed by atoms with Crippen LogP contribution in [0.15, 0.2) is 18.2 Å². The molecule has 0 saturated heterocycles. The minimum atomic E-state index is -0.312. The Bertz CT molecular complexity index is 444. The molecule has 1 aromatic rings. The van der Waals surface area contributed by atoms with Crippen molar-refractivity contribution in [1.29, 1.82) is 0 Å². The van der Waals surface area contributed by atoms with Gasteiger partial charge in [0.15, 0.2) is 5.78 Å². The second kappa shape index (κ2) is 4.47. The standard InChI is InChI=1S/C14H18FNO/c1-9-7-11(9)8-16(3)14-12(10(2)17)5-4-6-13(14)15/h4-6,9,11H,7-8H2,1-3H3. The molecule has 0 amide bonds. The quantitative estimate of drug-likeness (QED) is 0.747. The van der Waals surface area contributed by atoms with Gasteiger partial charge in [-0.2, -0.15) is 0 Å². The van der Waals surface area contributed by atoms with Crippen LogP contribution in [-0.2, 0) is 0 Å². The molecule has 1 aliphatic carbocycles. The first-order valence-electron chi connectivity index (χ1n) is 6.01. The van der Waals surface area contributed by atoms with Gasteiger partial charge < -0.3 is 4.90 Å². The lowest BCUT2D eigenvalue weighted by molar-refractivity contribution is 0.101. The summed E-state index contributed by atoms with van der Waals surface area (Å²) in [7, 11) is 1.86. The molecule has 1 aromatic carbocycles. The van der Waals surface area contributed by atoms with Gasteiger partial charge in [-0.15, -0.1) is 0 Å². The van der Waals surface area contributed by atoms with Gasteiger partial charge in [0, 0.05) is 19.2 Å². The Labute approximate surface area is 101 Å². The van der Waals surface area contributed by atoms with E-state index in [1.165, 1.54) is 19.4 Å². The molecule has 1 aliphatic rings. The molecule has 0 N–H and O–H groups in total. The van der Waals surface area contributed by atoms with E-state index in [-0.39, 0.29) is 11.6 Å². The number of carbonyl (C=O) groups excluding carboxylic acids is 1. The number of hydrogen-bond donors (Lipinski definition) is 0. The number of anilines is 1.